The number of hydrogen-bond acceptors (Lipinski definition) is 2. The number of likely N-dealkylation sites (tertiary alicyclic amines) is 1. The van der Waals surface area contributed by atoms with Gasteiger partial charge >= 0.3 is 0 Å². The molecule has 0 radical (unpaired) electrons. The molecule has 0 bridgehead atoms. The number of hydrogen-bond donors (Lipinski definition) is 0. The van der Waals surface area contributed by atoms with Crippen molar-refractivity contribution in [2.75, 3.05) is 19.6 Å². The van der Waals surface area contributed by atoms with Crippen LogP contribution in [0.2, 0.25) is 0 Å². The summed E-state index contributed by atoms with van der Waals surface area (Å²) in [6, 6.07) is 6.11. The Morgan fingerprint density at radius 1 is 1.11 bits per heavy atom. The second-order valence-electron chi connectivity index (χ2n) is 5.75. The van der Waals surface area contributed by atoms with E-state index in [9.17, 15) is 4.79 Å². The monoisotopic (exact) mass is 259 g/mol. The Labute approximate surface area is 116 Å². The summed E-state index contributed by atoms with van der Waals surface area (Å²) < 4.78 is 0. The Hall–Kier alpha value is -1.15. The molecule has 0 saturated carbocycles. The number of nitrogens with zero attached hydrogens (tertiary/aromatic N) is 1. The molecular weight excluding hydrogens is 234 g/mol. The molecule has 0 amide bonds. The van der Waals surface area contributed by atoms with Gasteiger partial charge in [-0.05, 0) is 45.3 Å². The van der Waals surface area contributed by atoms with Gasteiger partial charge in [-0.25, -0.2) is 0 Å². The van der Waals surface area contributed by atoms with Gasteiger partial charge < -0.3 is 4.90 Å². The molecule has 0 unspecified atom stereocenters. The van der Waals surface area contributed by atoms with Crippen LogP contribution in [-0.4, -0.2) is 30.3 Å². The number of rotatable bonds is 4. The fourth-order valence-corrected chi connectivity index (χ4v) is 2.88. The lowest BCUT2D eigenvalue weighted by atomic mass is 10.0. The Balaban J connectivity index is 1.89. The summed E-state index contributed by atoms with van der Waals surface area (Å²) in [7, 11) is 0. The van der Waals surface area contributed by atoms with Gasteiger partial charge in [0, 0.05) is 18.5 Å². The standard InChI is InChI=1S/C17H25NO/c1-14-7-8-16(15(2)13-14)17(19)9-12-18-10-5-3-4-6-11-18/h7-8,13H,3-6,9-12H2,1-2H3. The van der Waals surface area contributed by atoms with Crippen LogP contribution >= 0.6 is 0 Å². The summed E-state index contributed by atoms with van der Waals surface area (Å²) in [6.07, 6.45) is 5.93. The zero-order valence-electron chi connectivity index (χ0n) is 12.2. The number of aryl methyl sites for hydroxylation is 2. The molecule has 2 rings (SSSR count). The van der Waals surface area contributed by atoms with Crippen molar-refractivity contribution in [1.82, 2.24) is 4.90 Å². The minimum Gasteiger partial charge on any atom is -0.303 e. The van der Waals surface area contributed by atoms with Crippen LogP contribution in [0.5, 0.6) is 0 Å². The van der Waals surface area contributed by atoms with Gasteiger partial charge in [-0.3, -0.25) is 4.79 Å². The molecule has 104 valence electrons. The SMILES string of the molecule is Cc1ccc(C(=O)CCN2CCCCCC2)c(C)c1. The molecule has 1 aliphatic heterocycles. The highest BCUT2D eigenvalue weighted by Gasteiger charge is 2.13. The molecular formula is C17H25NO. The highest BCUT2D eigenvalue weighted by Crippen LogP contribution is 2.14. The topological polar surface area (TPSA) is 20.3 Å². The van der Waals surface area contributed by atoms with E-state index in [-0.39, 0.29) is 0 Å². The molecule has 0 aliphatic carbocycles. The zero-order chi connectivity index (χ0) is 13.7. The van der Waals surface area contributed by atoms with E-state index in [1.165, 1.54) is 44.3 Å². The Bertz CT molecular complexity index is 431. The van der Waals surface area contributed by atoms with Crippen LogP contribution in [0, 0.1) is 13.8 Å². The molecule has 1 fully saturated rings. The number of benzene rings is 1. The molecule has 0 spiro atoms. The van der Waals surface area contributed by atoms with Gasteiger partial charge in [0.25, 0.3) is 0 Å². The fraction of sp³-hybridized carbons (Fsp3) is 0.588. The second-order valence-corrected chi connectivity index (χ2v) is 5.75. The number of Topliss-reactive ketones (excluding diaryl/α,β-unsaturated/α-hetero) is 1. The number of carbonyl (C=O) groups excluding carboxylic acids is 1. The van der Waals surface area contributed by atoms with Gasteiger partial charge in [-0.1, -0.05) is 36.6 Å². The van der Waals surface area contributed by atoms with Crippen LogP contribution in [-0.2, 0) is 0 Å². The fourth-order valence-electron chi connectivity index (χ4n) is 2.88. The van der Waals surface area contributed by atoms with Gasteiger partial charge in [-0.2, -0.15) is 0 Å². The molecule has 1 aliphatic rings. The van der Waals surface area contributed by atoms with Gasteiger partial charge in [0.15, 0.2) is 5.78 Å². The van der Waals surface area contributed by atoms with Crippen molar-refractivity contribution in [3.05, 3.63) is 34.9 Å². The maximum atomic E-state index is 12.3. The molecule has 19 heavy (non-hydrogen) atoms. The molecule has 1 saturated heterocycles. The summed E-state index contributed by atoms with van der Waals surface area (Å²) in [5, 5.41) is 0. The van der Waals surface area contributed by atoms with Crippen LogP contribution in [0.4, 0.5) is 0 Å². The van der Waals surface area contributed by atoms with Crippen molar-refractivity contribution >= 4 is 5.78 Å². The van der Waals surface area contributed by atoms with Crippen LogP contribution < -0.4 is 0 Å². The molecule has 2 heteroatoms. The van der Waals surface area contributed by atoms with Crippen molar-refractivity contribution in [1.29, 1.82) is 0 Å². The largest absolute Gasteiger partial charge is 0.303 e. The van der Waals surface area contributed by atoms with E-state index >= 15 is 0 Å². The summed E-state index contributed by atoms with van der Waals surface area (Å²) >= 11 is 0. The van der Waals surface area contributed by atoms with Crippen LogP contribution in [0.3, 0.4) is 0 Å². The third kappa shape index (κ3) is 4.17. The Morgan fingerprint density at radius 2 is 1.79 bits per heavy atom. The normalized spacial score (nSPS) is 17.2. The lowest BCUT2D eigenvalue weighted by Crippen LogP contribution is -2.27. The van der Waals surface area contributed by atoms with Crippen LogP contribution in [0.15, 0.2) is 18.2 Å². The maximum absolute atomic E-state index is 12.3. The molecule has 0 aromatic heterocycles. The third-order valence-electron chi connectivity index (χ3n) is 4.04. The average Bonchev–Trinajstić information content (AvgIpc) is 2.64. The first-order valence-corrected chi connectivity index (χ1v) is 7.49. The summed E-state index contributed by atoms with van der Waals surface area (Å²) in [5.41, 5.74) is 3.24. The Morgan fingerprint density at radius 3 is 2.42 bits per heavy atom. The predicted octanol–water partition coefficient (Wildman–Crippen LogP) is 3.75. The summed E-state index contributed by atoms with van der Waals surface area (Å²) in [4.78, 5) is 14.7. The maximum Gasteiger partial charge on any atom is 0.164 e. The number of ketones is 1. The minimum atomic E-state index is 0.293. The van der Waals surface area contributed by atoms with E-state index in [1.807, 2.05) is 19.1 Å². The van der Waals surface area contributed by atoms with E-state index in [2.05, 4.69) is 17.9 Å². The highest BCUT2D eigenvalue weighted by atomic mass is 16.1. The molecule has 0 N–H and O–H groups in total. The van der Waals surface area contributed by atoms with E-state index in [4.69, 9.17) is 0 Å². The Kier molecular flexibility index (Phi) is 5.15. The smallest absolute Gasteiger partial charge is 0.164 e. The van der Waals surface area contributed by atoms with Gasteiger partial charge in [-0.15, -0.1) is 0 Å². The average molecular weight is 259 g/mol. The molecule has 1 aromatic carbocycles. The molecule has 1 heterocycles. The van der Waals surface area contributed by atoms with Crippen molar-refractivity contribution in [2.45, 2.75) is 46.0 Å². The highest BCUT2D eigenvalue weighted by molar-refractivity contribution is 5.97. The zero-order valence-corrected chi connectivity index (χ0v) is 12.2. The van der Waals surface area contributed by atoms with Crippen molar-refractivity contribution < 1.29 is 4.79 Å². The van der Waals surface area contributed by atoms with Gasteiger partial charge in [0.1, 0.15) is 0 Å². The van der Waals surface area contributed by atoms with Crippen molar-refractivity contribution in [2.24, 2.45) is 0 Å². The van der Waals surface area contributed by atoms with Gasteiger partial charge in [0.05, 0.1) is 0 Å². The van der Waals surface area contributed by atoms with Crippen molar-refractivity contribution in [3.63, 3.8) is 0 Å². The predicted molar refractivity (Wildman–Crippen MR) is 79.8 cm³/mol. The van der Waals surface area contributed by atoms with Crippen LogP contribution in [0.1, 0.15) is 53.6 Å². The molecule has 2 nitrogen and oxygen atoms in total. The van der Waals surface area contributed by atoms with Crippen LogP contribution in [0.25, 0.3) is 0 Å². The minimum absolute atomic E-state index is 0.293. The first-order chi connectivity index (χ1) is 9.16. The van der Waals surface area contributed by atoms with Gasteiger partial charge in [0.2, 0.25) is 0 Å². The second kappa shape index (κ2) is 6.85. The molecule has 1 aromatic rings. The van der Waals surface area contributed by atoms with E-state index < -0.39 is 0 Å². The lowest BCUT2D eigenvalue weighted by molar-refractivity contribution is 0.0964. The molecule has 0 atom stereocenters. The van der Waals surface area contributed by atoms with E-state index in [0.717, 1.165) is 17.7 Å². The van der Waals surface area contributed by atoms with E-state index in [1.54, 1.807) is 0 Å². The lowest BCUT2D eigenvalue weighted by Gasteiger charge is -2.19. The summed E-state index contributed by atoms with van der Waals surface area (Å²) in [5.74, 6) is 0.293. The first kappa shape index (κ1) is 14.3. The number of carbonyl (C=O) groups is 1. The third-order valence-corrected chi connectivity index (χ3v) is 4.04. The first-order valence-electron chi connectivity index (χ1n) is 7.49. The quantitative estimate of drug-likeness (QED) is 0.767. The summed E-state index contributed by atoms with van der Waals surface area (Å²) in [6.45, 7) is 7.36. The van der Waals surface area contributed by atoms with Crippen molar-refractivity contribution in [3.8, 4) is 0 Å². The van der Waals surface area contributed by atoms with E-state index in [0.29, 0.717) is 12.2 Å².